The first-order valence-electron chi connectivity index (χ1n) is 5.54. The van der Waals surface area contributed by atoms with E-state index in [0.717, 1.165) is 17.1 Å². The minimum Gasteiger partial charge on any atom is -0.462 e. The van der Waals surface area contributed by atoms with E-state index in [9.17, 15) is 18.0 Å². The zero-order chi connectivity index (χ0) is 14.5. The first kappa shape index (κ1) is 14.0. The van der Waals surface area contributed by atoms with E-state index in [4.69, 9.17) is 0 Å². The third-order valence-electron chi connectivity index (χ3n) is 2.20. The Labute approximate surface area is 111 Å². The molecule has 0 fully saturated rings. The molecule has 0 N–H and O–H groups in total. The molecule has 0 saturated carbocycles. The zero-order valence-corrected chi connectivity index (χ0v) is 10.0. The fourth-order valence-corrected chi connectivity index (χ4v) is 1.29. The van der Waals surface area contributed by atoms with E-state index < -0.39 is 24.6 Å². The van der Waals surface area contributed by atoms with E-state index in [1.807, 2.05) is 0 Å². The number of alkyl halides is 2. The maximum atomic E-state index is 12.7. The van der Waals surface area contributed by atoms with Crippen molar-refractivity contribution in [3.05, 3.63) is 36.2 Å². The lowest BCUT2D eigenvalue weighted by atomic mass is 10.4. The Morgan fingerprint density at radius 1 is 1.30 bits per heavy atom. The molecule has 0 unspecified atom stereocenters. The second-order valence-corrected chi connectivity index (χ2v) is 3.69. The Kier molecular flexibility index (Phi) is 4.28. The summed E-state index contributed by atoms with van der Waals surface area (Å²) in [6.07, 6.45) is 1.28. The van der Waals surface area contributed by atoms with Crippen LogP contribution in [-0.4, -0.2) is 38.8 Å². The highest BCUT2D eigenvalue weighted by Gasteiger charge is 2.13. The highest BCUT2D eigenvalue weighted by Crippen LogP contribution is 2.06. The minimum absolute atomic E-state index is 0.0622. The number of aromatic nitrogens is 4. The van der Waals surface area contributed by atoms with Gasteiger partial charge in [-0.2, -0.15) is 5.10 Å². The van der Waals surface area contributed by atoms with Crippen molar-refractivity contribution in [2.45, 2.75) is 12.8 Å². The first-order chi connectivity index (χ1) is 9.56. The number of carbonyl (C=O) groups excluding carboxylic acids is 1. The van der Waals surface area contributed by atoms with Gasteiger partial charge in [-0.05, 0) is 0 Å². The van der Waals surface area contributed by atoms with Gasteiger partial charge < -0.3 is 4.74 Å². The Hall–Kier alpha value is -2.45. The number of halogens is 3. The summed E-state index contributed by atoms with van der Waals surface area (Å²) in [5.41, 5.74) is 0.0622. The second-order valence-electron chi connectivity index (χ2n) is 3.69. The number of nitrogens with zero attached hydrogens (tertiary/aromatic N) is 4. The molecule has 0 spiro atoms. The Balaban J connectivity index is 2.01. The minimum atomic E-state index is -2.53. The van der Waals surface area contributed by atoms with Crippen LogP contribution in [0.15, 0.2) is 24.8 Å². The predicted octanol–water partition coefficient (Wildman–Crippen LogP) is 1.61. The van der Waals surface area contributed by atoms with Gasteiger partial charge in [-0.3, -0.25) is 0 Å². The van der Waals surface area contributed by atoms with Gasteiger partial charge in [0.15, 0.2) is 5.82 Å². The van der Waals surface area contributed by atoms with Crippen molar-refractivity contribution in [2.75, 3.05) is 6.61 Å². The molecule has 20 heavy (non-hydrogen) atoms. The molecular weight excluding hydrogens is 277 g/mol. The highest BCUT2D eigenvalue weighted by atomic mass is 19.3. The fourth-order valence-electron chi connectivity index (χ4n) is 1.29. The molecule has 0 radical (unpaired) electrons. The largest absolute Gasteiger partial charge is 0.462 e. The van der Waals surface area contributed by atoms with Crippen molar-refractivity contribution in [1.29, 1.82) is 0 Å². The van der Waals surface area contributed by atoms with Crippen LogP contribution in [0.5, 0.6) is 0 Å². The predicted molar refractivity (Wildman–Crippen MR) is 60.0 cm³/mol. The number of rotatable bonds is 5. The van der Waals surface area contributed by atoms with Crippen LogP contribution in [0.2, 0.25) is 0 Å². The lowest BCUT2D eigenvalue weighted by Crippen LogP contribution is -2.08. The van der Waals surface area contributed by atoms with Gasteiger partial charge in [0, 0.05) is 12.6 Å². The van der Waals surface area contributed by atoms with Gasteiger partial charge in [0.2, 0.25) is 6.43 Å². The van der Waals surface area contributed by atoms with Gasteiger partial charge >= 0.3 is 5.97 Å². The Bertz CT molecular complexity index is 586. The van der Waals surface area contributed by atoms with Crippen molar-refractivity contribution in [2.24, 2.45) is 0 Å². The normalized spacial score (nSPS) is 10.8. The smallest absolute Gasteiger partial charge is 0.341 e. The Morgan fingerprint density at radius 3 is 2.65 bits per heavy atom. The molecule has 0 aromatic carbocycles. The third-order valence-corrected chi connectivity index (χ3v) is 2.20. The van der Waals surface area contributed by atoms with Gasteiger partial charge in [-0.15, -0.1) is 0 Å². The van der Waals surface area contributed by atoms with E-state index in [0.29, 0.717) is 0 Å². The topological polar surface area (TPSA) is 69.9 Å². The van der Waals surface area contributed by atoms with Crippen molar-refractivity contribution in [1.82, 2.24) is 19.7 Å². The average Bonchev–Trinajstić information content (AvgIpc) is 2.88. The molecular formula is C11H9F3N4O2. The molecule has 0 aliphatic heterocycles. The van der Waals surface area contributed by atoms with E-state index in [2.05, 4.69) is 19.8 Å². The molecule has 0 atom stereocenters. The number of carbonyl (C=O) groups is 1. The standard InChI is InChI=1S/C11H9F3N4O2/c12-8-4-15-11(16-5-8)18-6-7(3-17-18)10(19)20-2-1-9(13)14/h3-6,9H,1-2H2. The van der Waals surface area contributed by atoms with Crippen LogP contribution >= 0.6 is 0 Å². The quantitative estimate of drug-likeness (QED) is 0.781. The summed E-state index contributed by atoms with van der Waals surface area (Å²) in [6, 6.07) is 0. The van der Waals surface area contributed by atoms with E-state index in [1.165, 1.54) is 12.4 Å². The molecule has 0 bridgehead atoms. The summed E-state index contributed by atoms with van der Waals surface area (Å²) in [7, 11) is 0. The monoisotopic (exact) mass is 286 g/mol. The van der Waals surface area contributed by atoms with Gasteiger partial charge in [-0.25, -0.2) is 32.6 Å². The second kappa shape index (κ2) is 6.13. The van der Waals surface area contributed by atoms with Gasteiger partial charge in [0.25, 0.3) is 5.95 Å². The molecule has 0 aliphatic carbocycles. The molecule has 2 aromatic rings. The van der Waals surface area contributed by atoms with Crippen LogP contribution in [-0.2, 0) is 4.74 Å². The van der Waals surface area contributed by atoms with Crippen molar-refractivity contribution in [3.63, 3.8) is 0 Å². The summed E-state index contributed by atoms with van der Waals surface area (Å²) in [5, 5.41) is 3.80. The van der Waals surface area contributed by atoms with Crippen molar-refractivity contribution < 1.29 is 22.7 Å². The van der Waals surface area contributed by atoms with Crippen LogP contribution < -0.4 is 0 Å². The molecule has 9 heteroatoms. The summed E-state index contributed by atoms with van der Waals surface area (Å²) in [5.74, 6) is -1.32. The van der Waals surface area contributed by atoms with Crippen LogP contribution in [0.25, 0.3) is 5.95 Å². The molecule has 2 heterocycles. The first-order valence-corrected chi connectivity index (χ1v) is 5.54. The number of hydrogen-bond acceptors (Lipinski definition) is 5. The van der Waals surface area contributed by atoms with E-state index in [1.54, 1.807) is 0 Å². The van der Waals surface area contributed by atoms with Crippen molar-refractivity contribution >= 4 is 5.97 Å². The van der Waals surface area contributed by atoms with Crippen molar-refractivity contribution in [3.8, 4) is 5.95 Å². The van der Waals surface area contributed by atoms with Crippen LogP contribution in [0.4, 0.5) is 13.2 Å². The molecule has 2 rings (SSSR count). The summed E-state index contributed by atoms with van der Waals surface area (Å²) >= 11 is 0. The number of ether oxygens (including phenoxy) is 1. The molecule has 0 amide bonds. The SMILES string of the molecule is O=C(OCCC(F)F)c1cnn(-c2ncc(F)cn2)c1. The third kappa shape index (κ3) is 3.53. The summed E-state index contributed by atoms with van der Waals surface area (Å²) in [4.78, 5) is 18.8. The lowest BCUT2D eigenvalue weighted by Gasteiger charge is -2.01. The van der Waals surface area contributed by atoms with Gasteiger partial charge in [-0.1, -0.05) is 0 Å². The number of hydrogen-bond donors (Lipinski definition) is 0. The number of esters is 1. The molecule has 6 nitrogen and oxygen atoms in total. The summed E-state index contributed by atoms with van der Waals surface area (Å²) < 4.78 is 42.2. The molecule has 106 valence electrons. The van der Waals surface area contributed by atoms with Gasteiger partial charge in [0.05, 0.1) is 30.8 Å². The fraction of sp³-hybridized carbons (Fsp3) is 0.273. The maximum absolute atomic E-state index is 12.7. The van der Waals surface area contributed by atoms with E-state index in [-0.39, 0.29) is 18.1 Å². The zero-order valence-electron chi connectivity index (χ0n) is 10.0. The van der Waals surface area contributed by atoms with E-state index >= 15 is 0 Å². The lowest BCUT2D eigenvalue weighted by molar-refractivity contribution is 0.0397. The summed E-state index contributed by atoms with van der Waals surface area (Å²) in [6.45, 7) is -0.380. The maximum Gasteiger partial charge on any atom is 0.341 e. The van der Waals surface area contributed by atoms with Crippen LogP contribution in [0, 0.1) is 5.82 Å². The highest BCUT2D eigenvalue weighted by molar-refractivity contribution is 5.88. The molecule has 2 aromatic heterocycles. The average molecular weight is 286 g/mol. The Morgan fingerprint density at radius 2 is 2.00 bits per heavy atom. The van der Waals surface area contributed by atoms with Gasteiger partial charge in [0.1, 0.15) is 0 Å². The van der Waals surface area contributed by atoms with Crippen LogP contribution in [0.3, 0.4) is 0 Å². The van der Waals surface area contributed by atoms with Crippen LogP contribution in [0.1, 0.15) is 16.8 Å². The molecule has 0 saturated heterocycles. The molecule has 0 aliphatic rings.